The van der Waals surface area contributed by atoms with Gasteiger partial charge in [0.2, 0.25) is 0 Å². The van der Waals surface area contributed by atoms with Crippen LogP contribution >= 0.6 is 0 Å². The zero-order chi connectivity index (χ0) is 11.4. The average molecular weight is 211 g/mol. The molecule has 0 aliphatic heterocycles. The van der Waals surface area contributed by atoms with E-state index in [0.717, 1.165) is 13.2 Å². The summed E-state index contributed by atoms with van der Waals surface area (Å²) in [6.07, 6.45) is -1.49. The van der Waals surface area contributed by atoms with Crippen LogP contribution in [-0.4, -0.2) is 23.1 Å². The van der Waals surface area contributed by atoms with Gasteiger partial charge in [-0.05, 0) is 5.56 Å². The van der Waals surface area contributed by atoms with Gasteiger partial charge in [0.25, 0.3) is 5.69 Å². The van der Waals surface area contributed by atoms with E-state index in [1.807, 2.05) is 0 Å². The zero-order valence-electron chi connectivity index (χ0n) is 7.91. The Hall–Kier alpha value is -1.95. The summed E-state index contributed by atoms with van der Waals surface area (Å²) in [6.45, 7) is 0. The summed E-state index contributed by atoms with van der Waals surface area (Å²) in [4.78, 5) is 20.8. The Balaban J connectivity index is 3.00. The van der Waals surface area contributed by atoms with Crippen LogP contribution < -0.4 is 0 Å². The highest BCUT2D eigenvalue weighted by Gasteiger charge is 2.19. The molecule has 0 unspecified atom stereocenters. The van der Waals surface area contributed by atoms with Crippen molar-refractivity contribution in [3.63, 3.8) is 0 Å². The molecule has 0 fully saturated rings. The summed E-state index contributed by atoms with van der Waals surface area (Å²) in [5.41, 5.74) is -0.0495. The average Bonchev–Trinajstić information content (AvgIpc) is 2.27. The second kappa shape index (κ2) is 4.52. The number of methoxy groups -OCH3 is 1. The number of aliphatic hydroxyl groups is 1. The molecule has 1 aromatic rings. The molecular weight excluding hydrogens is 202 g/mol. The molecule has 0 saturated carbocycles. The van der Waals surface area contributed by atoms with Crippen LogP contribution in [0.5, 0.6) is 0 Å². The Morgan fingerprint density at radius 1 is 1.60 bits per heavy atom. The first-order valence-electron chi connectivity index (χ1n) is 4.06. The molecule has 0 aliphatic carbocycles. The first-order chi connectivity index (χ1) is 7.06. The van der Waals surface area contributed by atoms with Crippen LogP contribution in [0.1, 0.15) is 11.7 Å². The molecule has 1 aromatic carbocycles. The molecule has 6 heteroatoms. The molecule has 1 atom stereocenters. The fourth-order valence-electron chi connectivity index (χ4n) is 1.06. The van der Waals surface area contributed by atoms with Crippen molar-refractivity contribution in [3.05, 3.63) is 39.9 Å². The standard InChI is InChI=1S/C9H9NO5/c1-15-9(12)8(11)6-3-2-4-7(5-6)10(13)14/h2-5,8,11H,1H3/t8-/m1/s1. The van der Waals surface area contributed by atoms with Crippen molar-refractivity contribution in [2.45, 2.75) is 6.10 Å². The Morgan fingerprint density at radius 3 is 2.80 bits per heavy atom. The highest BCUT2D eigenvalue weighted by molar-refractivity contribution is 5.76. The van der Waals surface area contributed by atoms with Crippen LogP contribution in [0.15, 0.2) is 24.3 Å². The number of ether oxygens (including phenoxy) is 1. The van der Waals surface area contributed by atoms with E-state index < -0.39 is 17.0 Å². The van der Waals surface area contributed by atoms with E-state index in [0.29, 0.717) is 0 Å². The van der Waals surface area contributed by atoms with Crippen LogP contribution in [0, 0.1) is 10.1 Å². The largest absolute Gasteiger partial charge is 0.467 e. The molecule has 0 aromatic heterocycles. The van der Waals surface area contributed by atoms with Gasteiger partial charge in [0.15, 0.2) is 6.10 Å². The lowest BCUT2D eigenvalue weighted by atomic mass is 10.1. The van der Waals surface area contributed by atoms with Gasteiger partial charge in [-0.15, -0.1) is 0 Å². The monoisotopic (exact) mass is 211 g/mol. The summed E-state index contributed by atoms with van der Waals surface area (Å²) < 4.78 is 4.31. The van der Waals surface area contributed by atoms with Crippen LogP contribution in [-0.2, 0) is 9.53 Å². The quantitative estimate of drug-likeness (QED) is 0.453. The fourth-order valence-corrected chi connectivity index (χ4v) is 1.06. The number of non-ortho nitro benzene ring substituents is 1. The number of carbonyl (C=O) groups excluding carboxylic acids is 1. The Labute approximate surface area is 85.2 Å². The molecule has 0 amide bonds. The van der Waals surface area contributed by atoms with Gasteiger partial charge in [0.05, 0.1) is 12.0 Å². The summed E-state index contributed by atoms with van der Waals surface area (Å²) in [5.74, 6) is -0.851. The fraction of sp³-hybridized carbons (Fsp3) is 0.222. The number of benzene rings is 1. The molecule has 15 heavy (non-hydrogen) atoms. The number of hydrogen-bond donors (Lipinski definition) is 1. The molecule has 1 N–H and O–H groups in total. The van der Waals surface area contributed by atoms with Gasteiger partial charge in [-0.1, -0.05) is 12.1 Å². The van der Waals surface area contributed by atoms with E-state index >= 15 is 0 Å². The van der Waals surface area contributed by atoms with Crippen LogP contribution in [0.3, 0.4) is 0 Å². The predicted octanol–water partition coefficient (Wildman–Crippen LogP) is 0.801. The Kier molecular flexibility index (Phi) is 3.35. The topological polar surface area (TPSA) is 89.7 Å². The lowest BCUT2D eigenvalue weighted by Gasteiger charge is -2.07. The van der Waals surface area contributed by atoms with Gasteiger partial charge in [-0.25, -0.2) is 4.79 Å². The van der Waals surface area contributed by atoms with E-state index in [2.05, 4.69) is 4.74 Å². The third-order valence-corrected chi connectivity index (χ3v) is 1.82. The van der Waals surface area contributed by atoms with E-state index in [9.17, 15) is 20.0 Å². The van der Waals surface area contributed by atoms with E-state index in [4.69, 9.17) is 0 Å². The van der Waals surface area contributed by atoms with Gasteiger partial charge in [-0.2, -0.15) is 0 Å². The lowest BCUT2D eigenvalue weighted by molar-refractivity contribution is -0.385. The first-order valence-corrected chi connectivity index (χ1v) is 4.06. The van der Waals surface area contributed by atoms with Gasteiger partial charge in [-0.3, -0.25) is 10.1 Å². The maximum Gasteiger partial charge on any atom is 0.339 e. The number of rotatable bonds is 3. The van der Waals surface area contributed by atoms with E-state index in [1.54, 1.807) is 0 Å². The zero-order valence-corrected chi connectivity index (χ0v) is 7.91. The van der Waals surface area contributed by atoms with Crippen molar-refractivity contribution in [1.82, 2.24) is 0 Å². The second-order valence-electron chi connectivity index (χ2n) is 2.78. The summed E-state index contributed by atoms with van der Waals surface area (Å²) in [6, 6.07) is 5.20. The minimum atomic E-state index is -1.49. The van der Waals surface area contributed by atoms with E-state index in [1.165, 1.54) is 18.2 Å². The molecule has 0 bridgehead atoms. The Bertz CT molecular complexity index is 390. The lowest BCUT2D eigenvalue weighted by Crippen LogP contribution is -2.13. The third-order valence-electron chi connectivity index (χ3n) is 1.82. The predicted molar refractivity (Wildman–Crippen MR) is 50.1 cm³/mol. The normalized spacial score (nSPS) is 11.9. The number of aliphatic hydroxyl groups excluding tert-OH is 1. The van der Waals surface area contributed by atoms with Gasteiger partial charge in [0.1, 0.15) is 0 Å². The summed E-state index contributed by atoms with van der Waals surface area (Å²) in [7, 11) is 1.13. The second-order valence-corrected chi connectivity index (χ2v) is 2.78. The van der Waals surface area contributed by atoms with Gasteiger partial charge < -0.3 is 9.84 Å². The summed E-state index contributed by atoms with van der Waals surface area (Å²) in [5, 5.41) is 19.8. The highest BCUT2D eigenvalue weighted by Crippen LogP contribution is 2.19. The number of carbonyl (C=O) groups is 1. The van der Waals surface area contributed by atoms with Crippen molar-refractivity contribution >= 4 is 11.7 Å². The van der Waals surface area contributed by atoms with Gasteiger partial charge >= 0.3 is 5.97 Å². The number of nitro groups is 1. The highest BCUT2D eigenvalue weighted by atomic mass is 16.6. The maximum atomic E-state index is 11.0. The van der Waals surface area contributed by atoms with Crippen molar-refractivity contribution in [2.75, 3.05) is 7.11 Å². The molecule has 80 valence electrons. The molecule has 1 rings (SSSR count). The SMILES string of the molecule is COC(=O)[C@H](O)c1cccc([N+](=O)[O-])c1. The minimum Gasteiger partial charge on any atom is -0.467 e. The third kappa shape index (κ3) is 2.50. The molecule has 0 saturated heterocycles. The van der Waals surface area contributed by atoms with Crippen molar-refractivity contribution < 1.29 is 19.6 Å². The van der Waals surface area contributed by atoms with Crippen LogP contribution in [0.2, 0.25) is 0 Å². The number of esters is 1. The van der Waals surface area contributed by atoms with E-state index in [-0.39, 0.29) is 11.3 Å². The van der Waals surface area contributed by atoms with Crippen LogP contribution in [0.25, 0.3) is 0 Å². The number of nitrogens with zero attached hydrogens (tertiary/aromatic N) is 1. The molecule has 0 radical (unpaired) electrons. The van der Waals surface area contributed by atoms with Crippen LogP contribution in [0.4, 0.5) is 5.69 Å². The molecule has 0 aliphatic rings. The molecule has 6 nitrogen and oxygen atoms in total. The van der Waals surface area contributed by atoms with Gasteiger partial charge in [0, 0.05) is 12.1 Å². The first kappa shape index (κ1) is 11.1. The maximum absolute atomic E-state index is 11.0. The molecular formula is C9H9NO5. The smallest absolute Gasteiger partial charge is 0.339 e. The van der Waals surface area contributed by atoms with Crippen molar-refractivity contribution in [1.29, 1.82) is 0 Å². The summed E-state index contributed by atoms with van der Waals surface area (Å²) >= 11 is 0. The molecule has 0 spiro atoms. The minimum absolute atomic E-state index is 0.135. The van der Waals surface area contributed by atoms with Crippen molar-refractivity contribution in [3.8, 4) is 0 Å². The number of nitro benzene ring substituents is 1. The Morgan fingerprint density at radius 2 is 2.27 bits per heavy atom. The number of hydrogen-bond acceptors (Lipinski definition) is 5. The molecule has 0 heterocycles. The van der Waals surface area contributed by atoms with Crippen molar-refractivity contribution in [2.24, 2.45) is 0 Å².